The second-order valence-corrected chi connectivity index (χ2v) is 5.76. The van der Waals surface area contributed by atoms with E-state index in [4.69, 9.17) is 0 Å². The summed E-state index contributed by atoms with van der Waals surface area (Å²) < 4.78 is 1.81. The summed E-state index contributed by atoms with van der Waals surface area (Å²) in [5.74, 6) is 0.879. The van der Waals surface area contributed by atoms with Gasteiger partial charge in [-0.1, -0.05) is 5.21 Å². The van der Waals surface area contributed by atoms with E-state index in [-0.39, 0.29) is 0 Å². The molecule has 1 saturated heterocycles. The maximum Gasteiger partial charge on any atom is 0.184 e. The number of piperazine rings is 1. The summed E-state index contributed by atoms with van der Waals surface area (Å²) in [6.07, 6.45) is 5.15. The lowest BCUT2D eigenvalue weighted by Gasteiger charge is -2.32. The molecule has 1 aliphatic rings. The molecule has 0 bridgehead atoms. The van der Waals surface area contributed by atoms with Crippen LogP contribution in [0.3, 0.4) is 0 Å². The number of rotatable bonds is 3. The molecule has 0 radical (unpaired) electrons. The molecule has 0 unspecified atom stereocenters. The number of hydrogen-bond acceptors (Lipinski definition) is 7. The van der Waals surface area contributed by atoms with Gasteiger partial charge in [-0.05, 0) is 24.7 Å². The van der Waals surface area contributed by atoms with Gasteiger partial charge < -0.3 is 9.80 Å². The molecule has 0 N–H and O–H groups in total. The number of hydrogen-bond donors (Lipinski definition) is 0. The van der Waals surface area contributed by atoms with Crippen molar-refractivity contribution in [3.05, 3.63) is 36.4 Å². The van der Waals surface area contributed by atoms with E-state index in [2.05, 4.69) is 42.1 Å². The highest BCUT2D eigenvalue weighted by Gasteiger charge is 2.20. The Hall–Kier alpha value is -2.61. The van der Waals surface area contributed by atoms with Gasteiger partial charge in [0.25, 0.3) is 0 Å². The summed E-state index contributed by atoms with van der Waals surface area (Å²) in [7, 11) is 2.14. The molecule has 4 rings (SSSR count). The Bertz CT molecular complexity index is 792. The van der Waals surface area contributed by atoms with Gasteiger partial charge in [0, 0.05) is 38.6 Å². The molecular formula is C15H18N8. The Morgan fingerprint density at radius 2 is 1.83 bits per heavy atom. The maximum absolute atomic E-state index is 4.45. The van der Waals surface area contributed by atoms with Crippen molar-refractivity contribution in [1.29, 1.82) is 0 Å². The Morgan fingerprint density at radius 1 is 1.04 bits per heavy atom. The molecule has 0 spiro atoms. The average molecular weight is 310 g/mol. The zero-order valence-corrected chi connectivity index (χ0v) is 13.0. The van der Waals surface area contributed by atoms with Crippen molar-refractivity contribution < 1.29 is 0 Å². The summed E-state index contributed by atoms with van der Waals surface area (Å²) in [5, 5.41) is 8.59. The van der Waals surface area contributed by atoms with Gasteiger partial charge >= 0.3 is 0 Å². The van der Waals surface area contributed by atoms with Gasteiger partial charge in [0.1, 0.15) is 6.33 Å². The highest BCUT2D eigenvalue weighted by Crippen LogP contribution is 2.21. The number of likely N-dealkylation sites (N-methyl/N-ethyl adjacent to an activating group) is 1. The number of pyridine rings is 1. The van der Waals surface area contributed by atoms with E-state index in [9.17, 15) is 0 Å². The normalized spacial score (nSPS) is 16.1. The minimum Gasteiger partial charge on any atom is -0.352 e. The van der Waals surface area contributed by atoms with Gasteiger partial charge in [-0.25, -0.2) is 14.6 Å². The molecule has 3 aromatic heterocycles. The van der Waals surface area contributed by atoms with Gasteiger partial charge in [-0.3, -0.25) is 4.98 Å². The highest BCUT2D eigenvalue weighted by atomic mass is 15.4. The van der Waals surface area contributed by atoms with Crippen molar-refractivity contribution in [2.75, 3.05) is 38.1 Å². The Balaban J connectivity index is 1.66. The van der Waals surface area contributed by atoms with E-state index in [0.29, 0.717) is 6.54 Å². The van der Waals surface area contributed by atoms with Crippen molar-refractivity contribution in [2.24, 2.45) is 0 Å². The van der Waals surface area contributed by atoms with E-state index in [1.807, 2.05) is 16.8 Å². The second-order valence-electron chi connectivity index (χ2n) is 5.76. The van der Waals surface area contributed by atoms with Crippen LogP contribution < -0.4 is 4.90 Å². The van der Waals surface area contributed by atoms with Crippen LogP contribution in [0, 0.1) is 0 Å². The first kappa shape index (κ1) is 14.0. The highest BCUT2D eigenvalue weighted by molar-refractivity contribution is 5.82. The van der Waals surface area contributed by atoms with Crippen LogP contribution in [0.4, 0.5) is 5.82 Å². The lowest BCUT2D eigenvalue weighted by Crippen LogP contribution is -2.44. The van der Waals surface area contributed by atoms with Gasteiger partial charge in [0.05, 0.1) is 6.54 Å². The molecule has 1 aliphatic heterocycles. The monoisotopic (exact) mass is 310 g/mol. The summed E-state index contributed by atoms with van der Waals surface area (Å²) in [4.78, 5) is 17.4. The van der Waals surface area contributed by atoms with E-state index in [1.165, 1.54) is 0 Å². The molecule has 0 saturated carbocycles. The third kappa shape index (κ3) is 2.72. The number of aromatic nitrogens is 6. The largest absolute Gasteiger partial charge is 0.352 e. The van der Waals surface area contributed by atoms with Crippen molar-refractivity contribution in [1.82, 2.24) is 34.8 Å². The van der Waals surface area contributed by atoms with Crippen LogP contribution in [0.5, 0.6) is 0 Å². The molecule has 118 valence electrons. The summed E-state index contributed by atoms with van der Waals surface area (Å²) in [6, 6.07) is 3.94. The Morgan fingerprint density at radius 3 is 2.61 bits per heavy atom. The molecular weight excluding hydrogens is 292 g/mol. The molecule has 0 aromatic carbocycles. The van der Waals surface area contributed by atoms with E-state index in [0.717, 1.165) is 48.7 Å². The fraction of sp³-hybridized carbons (Fsp3) is 0.400. The molecule has 0 aliphatic carbocycles. The lowest BCUT2D eigenvalue weighted by molar-refractivity contribution is 0.312. The van der Waals surface area contributed by atoms with E-state index in [1.54, 1.807) is 18.7 Å². The molecule has 3 aromatic rings. The smallest absolute Gasteiger partial charge is 0.184 e. The fourth-order valence-electron chi connectivity index (χ4n) is 2.80. The third-order valence-corrected chi connectivity index (χ3v) is 4.17. The van der Waals surface area contributed by atoms with Gasteiger partial charge in [-0.2, -0.15) is 0 Å². The van der Waals surface area contributed by atoms with Crippen molar-refractivity contribution >= 4 is 17.0 Å². The topological polar surface area (TPSA) is 75.9 Å². The maximum atomic E-state index is 4.45. The van der Waals surface area contributed by atoms with Crippen LogP contribution in [0.15, 0.2) is 30.9 Å². The zero-order chi connectivity index (χ0) is 15.6. The SMILES string of the molecule is CN1CCN(c2ncnc3c2nnn3Cc2ccncc2)CC1. The summed E-state index contributed by atoms with van der Waals surface area (Å²) in [6.45, 7) is 4.56. The van der Waals surface area contributed by atoms with E-state index >= 15 is 0 Å². The average Bonchev–Trinajstić information content (AvgIpc) is 3.00. The molecule has 8 heteroatoms. The molecule has 8 nitrogen and oxygen atoms in total. The molecule has 0 atom stereocenters. The van der Waals surface area contributed by atoms with Crippen LogP contribution >= 0.6 is 0 Å². The van der Waals surface area contributed by atoms with Crippen LogP contribution in [0.1, 0.15) is 5.56 Å². The Labute approximate surface area is 133 Å². The Kier molecular flexibility index (Phi) is 3.58. The molecule has 1 fully saturated rings. The van der Waals surface area contributed by atoms with Crippen LogP contribution in [-0.2, 0) is 6.54 Å². The van der Waals surface area contributed by atoms with Gasteiger partial charge in [0.2, 0.25) is 0 Å². The lowest BCUT2D eigenvalue weighted by atomic mass is 10.3. The predicted octanol–water partition coefficient (Wildman–Crippen LogP) is 0.416. The predicted molar refractivity (Wildman–Crippen MR) is 86.2 cm³/mol. The van der Waals surface area contributed by atoms with Crippen molar-refractivity contribution in [3.63, 3.8) is 0 Å². The minimum atomic E-state index is 0.623. The van der Waals surface area contributed by atoms with Crippen LogP contribution in [-0.4, -0.2) is 68.1 Å². The van der Waals surface area contributed by atoms with Crippen molar-refractivity contribution in [2.45, 2.75) is 6.54 Å². The number of anilines is 1. The first-order valence-electron chi connectivity index (χ1n) is 7.68. The van der Waals surface area contributed by atoms with Crippen molar-refractivity contribution in [3.8, 4) is 0 Å². The zero-order valence-electron chi connectivity index (χ0n) is 13.0. The van der Waals surface area contributed by atoms with E-state index < -0.39 is 0 Å². The minimum absolute atomic E-state index is 0.623. The molecule has 4 heterocycles. The van der Waals surface area contributed by atoms with Gasteiger partial charge in [-0.15, -0.1) is 5.10 Å². The van der Waals surface area contributed by atoms with Crippen LogP contribution in [0.2, 0.25) is 0 Å². The number of nitrogens with zero attached hydrogens (tertiary/aromatic N) is 8. The third-order valence-electron chi connectivity index (χ3n) is 4.17. The second kappa shape index (κ2) is 5.88. The van der Waals surface area contributed by atoms with Gasteiger partial charge in [0.15, 0.2) is 17.0 Å². The molecule has 0 amide bonds. The van der Waals surface area contributed by atoms with Crippen LogP contribution in [0.25, 0.3) is 11.2 Å². The first-order chi connectivity index (χ1) is 11.3. The fourth-order valence-corrected chi connectivity index (χ4v) is 2.80. The first-order valence-corrected chi connectivity index (χ1v) is 7.68. The quantitative estimate of drug-likeness (QED) is 0.694. The summed E-state index contributed by atoms with van der Waals surface area (Å²) in [5.41, 5.74) is 2.66. The standard InChI is InChI=1S/C15H18N8/c1-21-6-8-22(9-7-21)14-13-15(18-11-17-14)23(20-19-13)10-12-2-4-16-5-3-12/h2-5,11H,6-10H2,1H3. The summed E-state index contributed by atoms with van der Waals surface area (Å²) >= 11 is 0. The number of fused-ring (bicyclic) bond motifs is 1. The molecule has 23 heavy (non-hydrogen) atoms.